The van der Waals surface area contributed by atoms with Gasteiger partial charge in [0.1, 0.15) is 5.58 Å². The topological polar surface area (TPSA) is 51.5 Å². The molecule has 22 heavy (non-hydrogen) atoms. The summed E-state index contributed by atoms with van der Waals surface area (Å²) >= 11 is 0. The smallest absolute Gasteiger partial charge is 0.224 e. The van der Waals surface area contributed by atoms with Gasteiger partial charge in [0, 0.05) is 31.2 Å². The second-order valence-corrected chi connectivity index (χ2v) is 5.99. The summed E-state index contributed by atoms with van der Waals surface area (Å²) in [6, 6.07) is 4.22. The van der Waals surface area contributed by atoms with Crippen LogP contribution in [0.25, 0.3) is 11.0 Å². The number of aryl methyl sites for hydroxylation is 1. The van der Waals surface area contributed by atoms with Gasteiger partial charge in [-0.3, -0.25) is 4.79 Å². The van der Waals surface area contributed by atoms with Crippen LogP contribution in [-0.4, -0.2) is 26.2 Å². The second kappa shape index (κ2) is 7.45. The van der Waals surface area contributed by atoms with Gasteiger partial charge in [0.15, 0.2) is 0 Å². The summed E-state index contributed by atoms with van der Waals surface area (Å²) in [5.41, 5.74) is 4.33. The van der Waals surface area contributed by atoms with Gasteiger partial charge in [-0.25, -0.2) is 0 Å². The first-order valence-electron chi connectivity index (χ1n) is 7.79. The molecule has 0 aliphatic carbocycles. The SMILES string of the molecule is COCCCNC(=O)Cc1coc2cc(C)c(C(C)C)cc12. The summed E-state index contributed by atoms with van der Waals surface area (Å²) in [4.78, 5) is 12.0. The molecule has 0 bridgehead atoms. The highest BCUT2D eigenvalue weighted by Crippen LogP contribution is 2.29. The van der Waals surface area contributed by atoms with Crippen LogP contribution in [-0.2, 0) is 16.0 Å². The average Bonchev–Trinajstić information content (AvgIpc) is 2.84. The van der Waals surface area contributed by atoms with Crippen LogP contribution < -0.4 is 5.32 Å². The van der Waals surface area contributed by atoms with E-state index in [4.69, 9.17) is 9.15 Å². The lowest BCUT2D eigenvalue weighted by atomic mass is 9.95. The van der Waals surface area contributed by atoms with Crippen LogP contribution in [0.4, 0.5) is 0 Å². The molecule has 4 heteroatoms. The van der Waals surface area contributed by atoms with Gasteiger partial charge in [-0.1, -0.05) is 13.8 Å². The number of hydrogen-bond donors (Lipinski definition) is 1. The predicted molar refractivity (Wildman–Crippen MR) is 88.2 cm³/mol. The number of rotatable bonds is 7. The standard InChI is InChI=1S/C18H25NO3/c1-12(2)15-10-16-14(11-22-17(16)8-13(15)3)9-18(20)19-6-5-7-21-4/h8,10-12H,5-7,9H2,1-4H3,(H,19,20). The fourth-order valence-corrected chi connectivity index (χ4v) is 2.68. The third-order valence-corrected chi connectivity index (χ3v) is 3.86. The number of carbonyl (C=O) groups excluding carboxylic acids is 1. The van der Waals surface area contributed by atoms with Crippen molar-refractivity contribution in [2.24, 2.45) is 0 Å². The summed E-state index contributed by atoms with van der Waals surface area (Å²) in [7, 11) is 1.66. The van der Waals surface area contributed by atoms with E-state index in [-0.39, 0.29) is 5.91 Å². The summed E-state index contributed by atoms with van der Waals surface area (Å²) in [6.45, 7) is 7.75. The van der Waals surface area contributed by atoms with Gasteiger partial charge in [0.25, 0.3) is 0 Å². The highest BCUT2D eigenvalue weighted by atomic mass is 16.5. The molecule has 0 fully saturated rings. The minimum absolute atomic E-state index is 0.0190. The van der Waals surface area contributed by atoms with Crippen LogP contribution in [0.3, 0.4) is 0 Å². The zero-order chi connectivity index (χ0) is 16.1. The fourth-order valence-electron chi connectivity index (χ4n) is 2.68. The van der Waals surface area contributed by atoms with Crippen LogP contribution in [0.2, 0.25) is 0 Å². The van der Waals surface area contributed by atoms with Crippen molar-refractivity contribution in [1.82, 2.24) is 5.32 Å². The van der Waals surface area contributed by atoms with E-state index in [1.807, 2.05) is 0 Å². The first kappa shape index (κ1) is 16.6. The van der Waals surface area contributed by atoms with Crippen molar-refractivity contribution in [2.45, 2.75) is 39.5 Å². The largest absolute Gasteiger partial charge is 0.464 e. The average molecular weight is 303 g/mol. The molecule has 0 saturated carbocycles. The van der Waals surface area contributed by atoms with Crippen LogP contribution in [0.15, 0.2) is 22.8 Å². The lowest BCUT2D eigenvalue weighted by Crippen LogP contribution is -2.26. The van der Waals surface area contributed by atoms with Gasteiger partial charge < -0.3 is 14.5 Å². The molecule has 1 N–H and O–H groups in total. The van der Waals surface area contributed by atoms with Gasteiger partial charge in [-0.05, 0) is 42.5 Å². The molecule has 0 atom stereocenters. The summed E-state index contributed by atoms with van der Waals surface area (Å²) in [5.74, 6) is 0.473. The van der Waals surface area contributed by atoms with Crippen molar-refractivity contribution in [3.63, 3.8) is 0 Å². The molecule has 0 saturated heterocycles. The van der Waals surface area contributed by atoms with Crippen LogP contribution in [0.1, 0.15) is 42.9 Å². The van der Waals surface area contributed by atoms with Crippen LogP contribution >= 0.6 is 0 Å². The van der Waals surface area contributed by atoms with Crippen molar-refractivity contribution in [2.75, 3.05) is 20.3 Å². The van der Waals surface area contributed by atoms with E-state index in [0.29, 0.717) is 25.5 Å². The Kier molecular flexibility index (Phi) is 5.61. The Morgan fingerprint density at radius 1 is 1.36 bits per heavy atom. The third-order valence-electron chi connectivity index (χ3n) is 3.86. The van der Waals surface area contributed by atoms with E-state index >= 15 is 0 Å². The maximum absolute atomic E-state index is 12.0. The molecule has 120 valence electrons. The number of hydrogen-bond acceptors (Lipinski definition) is 3. The normalized spacial score (nSPS) is 11.3. The molecule has 1 amide bonds. The Bertz CT molecular complexity index is 643. The minimum atomic E-state index is 0.0190. The number of ether oxygens (including phenoxy) is 1. The monoisotopic (exact) mass is 303 g/mol. The van der Waals surface area contributed by atoms with E-state index in [0.717, 1.165) is 23.0 Å². The maximum atomic E-state index is 12.0. The first-order chi connectivity index (χ1) is 10.5. The molecule has 0 spiro atoms. The van der Waals surface area contributed by atoms with Gasteiger partial charge in [-0.15, -0.1) is 0 Å². The maximum Gasteiger partial charge on any atom is 0.224 e. The van der Waals surface area contributed by atoms with E-state index in [2.05, 4.69) is 38.2 Å². The molecule has 1 aromatic carbocycles. The number of carbonyl (C=O) groups is 1. The molecular formula is C18H25NO3. The van der Waals surface area contributed by atoms with Crippen LogP contribution in [0, 0.1) is 6.92 Å². The minimum Gasteiger partial charge on any atom is -0.464 e. The summed E-state index contributed by atoms with van der Waals surface area (Å²) < 4.78 is 10.6. The number of methoxy groups -OCH3 is 1. The molecule has 0 unspecified atom stereocenters. The van der Waals surface area contributed by atoms with Crippen molar-refractivity contribution < 1.29 is 13.9 Å². The van der Waals surface area contributed by atoms with E-state index in [9.17, 15) is 4.79 Å². The van der Waals surface area contributed by atoms with Gasteiger partial charge in [0.2, 0.25) is 5.91 Å². The Hall–Kier alpha value is -1.81. The fraction of sp³-hybridized carbons (Fsp3) is 0.500. The number of furan rings is 1. The highest BCUT2D eigenvalue weighted by molar-refractivity contribution is 5.88. The number of nitrogens with one attached hydrogen (secondary N) is 1. The zero-order valence-corrected chi connectivity index (χ0v) is 13.9. The summed E-state index contributed by atoms with van der Waals surface area (Å²) in [6.07, 6.45) is 2.87. The second-order valence-electron chi connectivity index (χ2n) is 5.99. The lowest BCUT2D eigenvalue weighted by Gasteiger charge is -2.10. The Labute approximate surface area is 131 Å². The van der Waals surface area contributed by atoms with Crippen molar-refractivity contribution >= 4 is 16.9 Å². The molecular weight excluding hydrogens is 278 g/mol. The molecule has 2 rings (SSSR count). The predicted octanol–water partition coefficient (Wildman–Crippen LogP) is 3.56. The third kappa shape index (κ3) is 3.89. The zero-order valence-electron chi connectivity index (χ0n) is 13.9. The Balaban J connectivity index is 2.11. The Morgan fingerprint density at radius 2 is 2.14 bits per heavy atom. The molecule has 1 aromatic heterocycles. The van der Waals surface area contributed by atoms with Gasteiger partial charge >= 0.3 is 0 Å². The quantitative estimate of drug-likeness (QED) is 0.796. The Morgan fingerprint density at radius 3 is 2.82 bits per heavy atom. The molecule has 0 radical (unpaired) electrons. The first-order valence-corrected chi connectivity index (χ1v) is 7.79. The van der Waals surface area contributed by atoms with E-state index in [1.165, 1.54) is 11.1 Å². The number of benzene rings is 1. The number of fused-ring (bicyclic) bond motifs is 1. The van der Waals surface area contributed by atoms with Crippen molar-refractivity contribution in [3.8, 4) is 0 Å². The van der Waals surface area contributed by atoms with Crippen molar-refractivity contribution in [3.05, 3.63) is 35.1 Å². The van der Waals surface area contributed by atoms with E-state index in [1.54, 1.807) is 13.4 Å². The van der Waals surface area contributed by atoms with Gasteiger partial charge in [-0.2, -0.15) is 0 Å². The molecule has 1 heterocycles. The van der Waals surface area contributed by atoms with Crippen molar-refractivity contribution in [1.29, 1.82) is 0 Å². The molecule has 2 aromatic rings. The summed E-state index contributed by atoms with van der Waals surface area (Å²) in [5, 5.41) is 3.95. The van der Waals surface area contributed by atoms with E-state index < -0.39 is 0 Å². The highest BCUT2D eigenvalue weighted by Gasteiger charge is 2.13. The lowest BCUT2D eigenvalue weighted by molar-refractivity contribution is -0.120. The van der Waals surface area contributed by atoms with Crippen LogP contribution in [0.5, 0.6) is 0 Å². The molecule has 4 nitrogen and oxygen atoms in total. The number of amides is 1. The molecule has 0 aliphatic rings. The molecule has 0 aliphatic heterocycles. The van der Waals surface area contributed by atoms with Gasteiger partial charge in [0.05, 0.1) is 12.7 Å².